The molecule has 88 valence electrons. The van der Waals surface area contributed by atoms with Gasteiger partial charge in [0.2, 0.25) is 5.90 Å². The first kappa shape index (κ1) is 11.5. The number of aliphatic imine (C=N–C) groups is 1. The fourth-order valence-corrected chi connectivity index (χ4v) is 1.39. The Morgan fingerprint density at radius 2 is 1.94 bits per heavy atom. The number of esters is 1. The molecule has 1 heterocycles. The molecule has 1 aliphatic heterocycles. The van der Waals surface area contributed by atoms with Crippen LogP contribution in [0.15, 0.2) is 35.0 Å². The molecule has 17 heavy (non-hydrogen) atoms. The number of hydrogen-bond donors (Lipinski definition) is 0. The van der Waals surface area contributed by atoms with Crippen LogP contribution in [0.4, 0.5) is 4.39 Å². The van der Waals surface area contributed by atoms with Crippen LogP contribution in [-0.2, 0) is 9.53 Å². The molecule has 1 aromatic rings. The van der Waals surface area contributed by atoms with Gasteiger partial charge in [-0.3, -0.25) is 0 Å². The highest BCUT2D eigenvalue weighted by Gasteiger charge is 2.24. The summed E-state index contributed by atoms with van der Waals surface area (Å²) in [6, 6.07) is 5.83. The molecule has 3 nitrogen and oxygen atoms in total. The number of cyclic esters (lactones) is 1. The van der Waals surface area contributed by atoms with Gasteiger partial charge in [-0.05, 0) is 23.8 Å². The quantitative estimate of drug-likeness (QED) is 0.582. The third-order valence-electron chi connectivity index (χ3n) is 2.30. The van der Waals surface area contributed by atoms with Crippen molar-refractivity contribution in [3.8, 4) is 0 Å². The summed E-state index contributed by atoms with van der Waals surface area (Å²) in [6.07, 6.45) is 1.58. The number of benzene rings is 1. The molecule has 0 radical (unpaired) electrons. The fourth-order valence-electron chi connectivity index (χ4n) is 1.39. The summed E-state index contributed by atoms with van der Waals surface area (Å²) in [4.78, 5) is 15.6. The van der Waals surface area contributed by atoms with Crippen LogP contribution in [0.5, 0.6) is 0 Å². The summed E-state index contributed by atoms with van der Waals surface area (Å²) in [5.74, 6) is -0.285. The van der Waals surface area contributed by atoms with Crippen molar-refractivity contribution in [1.29, 1.82) is 0 Å². The fraction of sp³-hybridized carbons (Fsp3) is 0.231. The Balaban J connectivity index is 2.28. The lowest BCUT2D eigenvalue weighted by molar-refractivity contribution is -0.130. The van der Waals surface area contributed by atoms with Crippen molar-refractivity contribution in [3.63, 3.8) is 0 Å². The van der Waals surface area contributed by atoms with E-state index in [-0.39, 0.29) is 17.4 Å². The van der Waals surface area contributed by atoms with Crippen LogP contribution in [0.25, 0.3) is 6.08 Å². The Bertz CT molecular complexity index is 501. The highest BCUT2D eigenvalue weighted by Crippen LogP contribution is 2.18. The zero-order chi connectivity index (χ0) is 12.4. The molecule has 0 saturated carbocycles. The molecule has 0 aromatic heterocycles. The minimum atomic E-state index is -0.460. The van der Waals surface area contributed by atoms with Crippen molar-refractivity contribution in [2.75, 3.05) is 0 Å². The normalized spacial score (nSPS) is 17.5. The van der Waals surface area contributed by atoms with Crippen molar-refractivity contribution in [3.05, 3.63) is 41.3 Å². The summed E-state index contributed by atoms with van der Waals surface area (Å²) < 4.78 is 17.7. The van der Waals surface area contributed by atoms with Gasteiger partial charge in [0.25, 0.3) is 0 Å². The van der Waals surface area contributed by atoms with Gasteiger partial charge in [0.1, 0.15) is 5.82 Å². The third-order valence-corrected chi connectivity index (χ3v) is 2.30. The molecule has 0 atom stereocenters. The lowest BCUT2D eigenvalue weighted by Crippen LogP contribution is -2.09. The molecule has 0 spiro atoms. The summed E-state index contributed by atoms with van der Waals surface area (Å²) in [5.41, 5.74) is 0.965. The number of nitrogens with zero attached hydrogens (tertiary/aromatic N) is 1. The summed E-state index contributed by atoms with van der Waals surface area (Å²) in [6.45, 7) is 3.79. The van der Waals surface area contributed by atoms with Gasteiger partial charge in [0, 0.05) is 5.92 Å². The van der Waals surface area contributed by atoms with Crippen molar-refractivity contribution in [1.82, 2.24) is 0 Å². The van der Waals surface area contributed by atoms with Crippen molar-refractivity contribution in [2.24, 2.45) is 10.9 Å². The third kappa shape index (κ3) is 2.58. The second kappa shape index (κ2) is 4.49. The zero-order valence-electron chi connectivity index (χ0n) is 9.61. The number of ether oxygens (including phenoxy) is 1. The van der Waals surface area contributed by atoms with Crippen LogP contribution in [-0.4, -0.2) is 11.9 Å². The first-order valence-corrected chi connectivity index (χ1v) is 5.34. The van der Waals surface area contributed by atoms with E-state index in [9.17, 15) is 9.18 Å². The Morgan fingerprint density at radius 1 is 1.29 bits per heavy atom. The van der Waals surface area contributed by atoms with Gasteiger partial charge in [0.15, 0.2) is 5.70 Å². The Labute approximate surface area is 98.6 Å². The molecular formula is C13H12FNO2. The zero-order valence-corrected chi connectivity index (χ0v) is 9.61. The lowest BCUT2D eigenvalue weighted by atomic mass is 10.2. The molecule has 1 aromatic carbocycles. The van der Waals surface area contributed by atoms with Crippen LogP contribution < -0.4 is 0 Å². The van der Waals surface area contributed by atoms with E-state index in [1.807, 2.05) is 13.8 Å². The molecule has 1 aliphatic rings. The second-order valence-electron chi connectivity index (χ2n) is 4.08. The average Bonchev–Trinajstić information content (AvgIpc) is 2.64. The molecule has 0 unspecified atom stereocenters. The Hall–Kier alpha value is -1.97. The molecular weight excluding hydrogens is 221 g/mol. The van der Waals surface area contributed by atoms with Crippen LogP contribution in [0.3, 0.4) is 0 Å². The van der Waals surface area contributed by atoms with Gasteiger partial charge in [-0.25, -0.2) is 14.2 Å². The first-order chi connectivity index (χ1) is 8.06. The number of carbonyl (C=O) groups excluding carboxylic acids is 1. The Morgan fingerprint density at radius 3 is 2.47 bits per heavy atom. The minimum Gasteiger partial charge on any atom is -0.407 e. The maximum atomic E-state index is 12.7. The van der Waals surface area contributed by atoms with E-state index in [1.165, 1.54) is 12.1 Å². The van der Waals surface area contributed by atoms with Gasteiger partial charge in [-0.15, -0.1) is 0 Å². The molecule has 0 amide bonds. The van der Waals surface area contributed by atoms with Crippen LogP contribution >= 0.6 is 0 Å². The van der Waals surface area contributed by atoms with Gasteiger partial charge in [-0.2, -0.15) is 0 Å². The monoisotopic (exact) mass is 233 g/mol. The summed E-state index contributed by atoms with van der Waals surface area (Å²) in [7, 11) is 0. The van der Waals surface area contributed by atoms with Gasteiger partial charge in [-0.1, -0.05) is 26.0 Å². The largest absolute Gasteiger partial charge is 0.407 e. The Kier molecular flexibility index (Phi) is 3.04. The average molecular weight is 233 g/mol. The first-order valence-electron chi connectivity index (χ1n) is 5.34. The van der Waals surface area contributed by atoms with Crippen molar-refractivity contribution < 1.29 is 13.9 Å². The molecule has 0 fully saturated rings. The molecule has 2 rings (SSSR count). The topological polar surface area (TPSA) is 38.7 Å². The standard InChI is InChI=1S/C13H12FNO2/c1-8(2)12-15-11(13(16)17-12)7-9-3-5-10(14)6-4-9/h3-8H,1-2H3/b11-7+. The minimum absolute atomic E-state index is 0.0677. The van der Waals surface area contributed by atoms with Crippen LogP contribution in [0, 0.1) is 11.7 Å². The number of hydrogen-bond acceptors (Lipinski definition) is 3. The molecule has 0 saturated heterocycles. The summed E-state index contributed by atoms with van der Waals surface area (Å²) >= 11 is 0. The van der Waals surface area contributed by atoms with E-state index >= 15 is 0 Å². The lowest BCUT2D eigenvalue weighted by Gasteiger charge is -1.99. The van der Waals surface area contributed by atoms with E-state index in [0.717, 1.165) is 0 Å². The highest BCUT2D eigenvalue weighted by molar-refractivity contribution is 6.07. The van der Waals surface area contributed by atoms with E-state index < -0.39 is 5.97 Å². The van der Waals surface area contributed by atoms with Gasteiger partial charge >= 0.3 is 5.97 Å². The van der Waals surface area contributed by atoms with Crippen molar-refractivity contribution in [2.45, 2.75) is 13.8 Å². The number of carbonyl (C=O) groups is 1. The molecule has 0 aliphatic carbocycles. The molecule has 4 heteroatoms. The van der Waals surface area contributed by atoms with E-state index in [4.69, 9.17) is 4.74 Å². The van der Waals surface area contributed by atoms with Gasteiger partial charge in [0.05, 0.1) is 0 Å². The predicted molar refractivity (Wildman–Crippen MR) is 62.7 cm³/mol. The predicted octanol–water partition coefficient (Wildman–Crippen LogP) is 2.78. The van der Waals surface area contributed by atoms with Gasteiger partial charge < -0.3 is 4.74 Å². The van der Waals surface area contributed by atoms with E-state index in [1.54, 1.807) is 18.2 Å². The van der Waals surface area contributed by atoms with E-state index in [0.29, 0.717) is 11.5 Å². The number of halogens is 1. The molecule has 0 N–H and O–H groups in total. The SMILES string of the molecule is CC(C)C1=N/C(=C/c2ccc(F)cc2)C(=O)O1. The maximum absolute atomic E-state index is 12.7. The number of rotatable bonds is 2. The highest BCUT2D eigenvalue weighted by atomic mass is 19.1. The maximum Gasteiger partial charge on any atom is 0.363 e. The molecule has 0 bridgehead atoms. The van der Waals surface area contributed by atoms with Crippen molar-refractivity contribution >= 4 is 17.9 Å². The van der Waals surface area contributed by atoms with Crippen LogP contribution in [0.2, 0.25) is 0 Å². The smallest absolute Gasteiger partial charge is 0.363 e. The second-order valence-corrected chi connectivity index (χ2v) is 4.08. The summed E-state index contributed by atoms with van der Waals surface area (Å²) in [5, 5.41) is 0. The van der Waals surface area contributed by atoms with E-state index in [2.05, 4.69) is 4.99 Å². The van der Waals surface area contributed by atoms with Crippen LogP contribution in [0.1, 0.15) is 19.4 Å².